The Hall–Kier alpha value is -0.300. The van der Waals surface area contributed by atoms with Crippen LogP contribution in [0.3, 0.4) is 0 Å². The Morgan fingerprint density at radius 3 is 1.62 bits per heavy atom. The summed E-state index contributed by atoms with van der Waals surface area (Å²) in [6, 6.07) is 9.02. The number of hydrogen-bond acceptors (Lipinski definition) is 0. The molecule has 0 saturated carbocycles. The molecule has 0 saturated heterocycles. The van der Waals surface area contributed by atoms with Gasteiger partial charge < -0.3 is 0 Å². The molecular formula is C15H23Br. The Labute approximate surface area is 109 Å². The van der Waals surface area contributed by atoms with Crippen molar-refractivity contribution in [1.82, 2.24) is 0 Å². The lowest BCUT2D eigenvalue weighted by molar-refractivity contribution is 0.414. The summed E-state index contributed by atoms with van der Waals surface area (Å²) in [5, 5.41) is 0. The molecule has 1 aromatic rings. The van der Waals surface area contributed by atoms with Crippen LogP contribution in [-0.2, 0) is 0 Å². The molecule has 1 heteroatoms. The summed E-state index contributed by atoms with van der Waals surface area (Å²) < 4.78 is 0. The second-order valence-corrected chi connectivity index (χ2v) is 6.31. The van der Waals surface area contributed by atoms with Crippen LogP contribution in [0.15, 0.2) is 24.3 Å². The molecule has 2 atom stereocenters. The second-order valence-electron chi connectivity index (χ2n) is 5.33. The Bertz CT molecular complexity index is 311. The predicted octanol–water partition coefficient (Wildman–Crippen LogP) is 5.54. The molecule has 0 amide bonds. The van der Waals surface area contributed by atoms with E-state index in [0.29, 0.717) is 22.6 Å². The minimum Gasteiger partial charge on any atom is -0.0836 e. The summed E-state index contributed by atoms with van der Waals surface area (Å²) in [7, 11) is 0. The summed E-state index contributed by atoms with van der Waals surface area (Å²) in [5.74, 6) is 1.98. The van der Waals surface area contributed by atoms with Crippen molar-refractivity contribution in [2.45, 2.75) is 45.4 Å². The van der Waals surface area contributed by atoms with E-state index in [9.17, 15) is 0 Å². The molecule has 16 heavy (non-hydrogen) atoms. The maximum absolute atomic E-state index is 3.81. The first-order valence-electron chi connectivity index (χ1n) is 6.17. The third-order valence-electron chi connectivity index (χ3n) is 3.43. The van der Waals surface area contributed by atoms with Crippen LogP contribution in [0.5, 0.6) is 0 Å². The van der Waals surface area contributed by atoms with E-state index in [-0.39, 0.29) is 0 Å². The van der Waals surface area contributed by atoms with E-state index in [1.54, 1.807) is 0 Å². The van der Waals surface area contributed by atoms with Crippen molar-refractivity contribution in [3.05, 3.63) is 35.4 Å². The molecule has 0 aliphatic rings. The summed E-state index contributed by atoms with van der Waals surface area (Å²) >= 11 is 3.81. The summed E-state index contributed by atoms with van der Waals surface area (Å²) in [6.45, 7) is 11.3. The van der Waals surface area contributed by atoms with E-state index in [1.807, 2.05) is 0 Å². The minimum absolute atomic E-state index is 0.466. The van der Waals surface area contributed by atoms with Gasteiger partial charge in [0.25, 0.3) is 0 Å². The standard InChI is InChI=1S/C15H23Br/c1-10(2)12(5)15(16)14-8-6-13(7-9-14)11(3)4/h6-12,15H,1-5H3. The van der Waals surface area contributed by atoms with Gasteiger partial charge in [0.2, 0.25) is 0 Å². The lowest BCUT2D eigenvalue weighted by Crippen LogP contribution is -2.10. The van der Waals surface area contributed by atoms with E-state index in [4.69, 9.17) is 0 Å². The number of rotatable bonds is 4. The molecule has 0 fully saturated rings. The highest BCUT2D eigenvalue weighted by Gasteiger charge is 2.18. The molecular weight excluding hydrogens is 260 g/mol. The van der Waals surface area contributed by atoms with E-state index in [2.05, 4.69) is 74.8 Å². The molecule has 0 nitrogen and oxygen atoms in total. The fourth-order valence-electron chi connectivity index (χ4n) is 1.71. The monoisotopic (exact) mass is 282 g/mol. The average molecular weight is 283 g/mol. The van der Waals surface area contributed by atoms with Crippen LogP contribution in [0.4, 0.5) is 0 Å². The molecule has 1 rings (SSSR count). The van der Waals surface area contributed by atoms with E-state index in [1.165, 1.54) is 11.1 Å². The van der Waals surface area contributed by atoms with E-state index >= 15 is 0 Å². The molecule has 90 valence electrons. The van der Waals surface area contributed by atoms with Gasteiger partial charge in [-0.15, -0.1) is 0 Å². The van der Waals surface area contributed by atoms with Gasteiger partial charge in [0, 0.05) is 4.83 Å². The van der Waals surface area contributed by atoms with Gasteiger partial charge in [-0.2, -0.15) is 0 Å². The third-order valence-corrected chi connectivity index (χ3v) is 4.80. The zero-order chi connectivity index (χ0) is 12.3. The van der Waals surface area contributed by atoms with E-state index in [0.717, 1.165) is 0 Å². The van der Waals surface area contributed by atoms with Crippen molar-refractivity contribution in [3.63, 3.8) is 0 Å². The maximum Gasteiger partial charge on any atom is 0.0423 e. The predicted molar refractivity (Wildman–Crippen MR) is 76.2 cm³/mol. The molecule has 0 radical (unpaired) electrons. The van der Waals surface area contributed by atoms with Crippen LogP contribution >= 0.6 is 15.9 Å². The second kappa shape index (κ2) is 5.86. The summed E-state index contributed by atoms with van der Waals surface area (Å²) in [6.07, 6.45) is 0. The molecule has 0 spiro atoms. The third kappa shape index (κ3) is 3.35. The van der Waals surface area contributed by atoms with Gasteiger partial charge in [0.1, 0.15) is 0 Å². The fraction of sp³-hybridized carbons (Fsp3) is 0.600. The van der Waals surface area contributed by atoms with Crippen molar-refractivity contribution in [2.24, 2.45) is 11.8 Å². The normalized spacial score (nSPS) is 15.5. The molecule has 0 aliphatic carbocycles. The Kier molecular flexibility index (Phi) is 5.04. The Morgan fingerprint density at radius 2 is 1.25 bits per heavy atom. The van der Waals surface area contributed by atoms with Gasteiger partial charge in [-0.3, -0.25) is 0 Å². The first kappa shape index (κ1) is 13.8. The molecule has 0 heterocycles. The topological polar surface area (TPSA) is 0 Å². The van der Waals surface area contributed by atoms with Crippen molar-refractivity contribution >= 4 is 15.9 Å². The van der Waals surface area contributed by atoms with Gasteiger partial charge in [-0.25, -0.2) is 0 Å². The van der Waals surface area contributed by atoms with Crippen molar-refractivity contribution in [1.29, 1.82) is 0 Å². The average Bonchev–Trinajstić information content (AvgIpc) is 2.27. The SMILES string of the molecule is CC(C)c1ccc(C(Br)C(C)C(C)C)cc1. The molecule has 0 bridgehead atoms. The molecule has 2 unspecified atom stereocenters. The highest BCUT2D eigenvalue weighted by atomic mass is 79.9. The van der Waals surface area contributed by atoms with Crippen molar-refractivity contribution < 1.29 is 0 Å². The Balaban J connectivity index is 2.81. The van der Waals surface area contributed by atoms with Crippen LogP contribution in [0.1, 0.15) is 56.5 Å². The van der Waals surface area contributed by atoms with Gasteiger partial charge >= 0.3 is 0 Å². The quantitative estimate of drug-likeness (QED) is 0.636. The molecule has 0 aliphatic heterocycles. The molecule has 0 aromatic heterocycles. The van der Waals surface area contributed by atoms with Gasteiger partial charge in [0.15, 0.2) is 0 Å². The van der Waals surface area contributed by atoms with Crippen LogP contribution in [0.2, 0.25) is 0 Å². The number of alkyl halides is 1. The zero-order valence-corrected chi connectivity index (χ0v) is 12.6. The summed E-state index contributed by atoms with van der Waals surface area (Å²) in [4.78, 5) is 0.466. The van der Waals surface area contributed by atoms with Crippen molar-refractivity contribution in [3.8, 4) is 0 Å². The van der Waals surface area contributed by atoms with Gasteiger partial charge in [-0.1, -0.05) is 74.8 Å². The van der Waals surface area contributed by atoms with Crippen LogP contribution in [0, 0.1) is 11.8 Å². The minimum atomic E-state index is 0.466. The van der Waals surface area contributed by atoms with Gasteiger partial charge in [-0.05, 0) is 28.9 Å². The maximum atomic E-state index is 3.81. The van der Waals surface area contributed by atoms with Gasteiger partial charge in [0.05, 0.1) is 0 Å². The molecule has 1 aromatic carbocycles. The van der Waals surface area contributed by atoms with Crippen LogP contribution < -0.4 is 0 Å². The van der Waals surface area contributed by atoms with Crippen LogP contribution in [0.25, 0.3) is 0 Å². The Morgan fingerprint density at radius 1 is 0.812 bits per heavy atom. The fourth-order valence-corrected chi connectivity index (χ4v) is 2.62. The molecule has 0 N–H and O–H groups in total. The largest absolute Gasteiger partial charge is 0.0836 e. The first-order chi connectivity index (χ1) is 7.43. The van der Waals surface area contributed by atoms with Crippen molar-refractivity contribution in [2.75, 3.05) is 0 Å². The van der Waals surface area contributed by atoms with E-state index < -0.39 is 0 Å². The first-order valence-corrected chi connectivity index (χ1v) is 7.09. The number of hydrogen-bond donors (Lipinski definition) is 0. The van der Waals surface area contributed by atoms with Crippen LogP contribution in [-0.4, -0.2) is 0 Å². The number of benzene rings is 1. The lowest BCUT2D eigenvalue weighted by Gasteiger charge is -2.22. The highest BCUT2D eigenvalue weighted by molar-refractivity contribution is 9.09. The summed E-state index contributed by atoms with van der Waals surface area (Å²) in [5.41, 5.74) is 2.81. The highest BCUT2D eigenvalue weighted by Crippen LogP contribution is 2.35. The lowest BCUT2D eigenvalue weighted by atomic mass is 9.90. The smallest absolute Gasteiger partial charge is 0.0423 e. The number of halogens is 1. The zero-order valence-electron chi connectivity index (χ0n) is 11.0.